The van der Waals surface area contributed by atoms with E-state index in [0.29, 0.717) is 12.3 Å². The molecule has 1 aliphatic rings. The first kappa shape index (κ1) is 13.1. The van der Waals surface area contributed by atoms with Crippen molar-refractivity contribution in [2.45, 2.75) is 25.2 Å². The van der Waals surface area contributed by atoms with E-state index in [4.69, 9.17) is 5.26 Å². The van der Waals surface area contributed by atoms with Gasteiger partial charge in [-0.15, -0.1) is 0 Å². The fraction of sp³-hybridized carbons (Fsp3) is 0.438. The molecule has 1 fully saturated rings. The van der Waals surface area contributed by atoms with Crippen LogP contribution in [-0.4, -0.2) is 29.5 Å². The van der Waals surface area contributed by atoms with Gasteiger partial charge in [-0.2, -0.15) is 5.26 Å². The summed E-state index contributed by atoms with van der Waals surface area (Å²) >= 11 is 0. The van der Waals surface area contributed by atoms with Crippen LogP contribution < -0.4 is 0 Å². The number of benzene rings is 1. The summed E-state index contributed by atoms with van der Waals surface area (Å²) in [5, 5.41) is 10.7. The van der Waals surface area contributed by atoms with Crippen LogP contribution in [0.15, 0.2) is 24.4 Å². The lowest BCUT2D eigenvalue weighted by molar-refractivity contribution is 0.216. The highest BCUT2D eigenvalue weighted by Crippen LogP contribution is 2.32. The second-order valence-electron chi connectivity index (χ2n) is 5.46. The van der Waals surface area contributed by atoms with Gasteiger partial charge in [-0.05, 0) is 44.1 Å². The summed E-state index contributed by atoms with van der Waals surface area (Å²) in [5.74, 6) is 0.325. The predicted octanol–water partition coefficient (Wildman–Crippen LogP) is 3.40. The molecule has 4 heteroatoms. The standard InChI is InChI=1S/C16H18FN3/c17-14-2-3-15-13(10-14)11-19-16(15)12-4-8-20(9-5-12)7-1-6-18/h2-3,10-12,19H,1,4-5,7-9H2. The zero-order valence-corrected chi connectivity index (χ0v) is 11.4. The number of rotatable bonds is 3. The summed E-state index contributed by atoms with van der Waals surface area (Å²) < 4.78 is 13.2. The molecule has 0 amide bonds. The zero-order valence-electron chi connectivity index (χ0n) is 11.4. The topological polar surface area (TPSA) is 42.8 Å². The molecule has 1 aromatic heterocycles. The number of nitrogens with zero attached hydrogens (tertiary/aromatic N) is 2. The first-order valence-corrected chi connectivity index (χ1v) is 7.14. The molecular weight excluding hydrogens is 253 g/mol. The highest BCUT2D eigenvalue weighted by molar-refractivity contribution is 5.85. The van der Waals surface area contributed by atoms with E-state index in [2.05, 4.69) is 16.0 Å². The van der Waals surface area contributed by atoms with Gasteiger partial charge in [0.1, 0.15) is 5.82 Å². The average Bonchev–Trinajstić information content (AvgIpc) is 2.88. The largest absolute Gasteiger partial charge is 0.364 e. The van der Waals surface area contributed by atoms with Gasteiger partial charge in [0.15, 0.2) is 0 Å². The van der Waals surface area contributed by atoms with E-state index >= 15 is 0 Å². The number of likely N-dealkylation sites (tertiary alicyclic amines) is 1. The number of hydrogen-bond donors (Lipinski definition) is 1. The molecule has 0 bridgehead atoms. The maximum absolute atomic E-state index is 13.2. The number of nitriles is 1. The Hall–Kier alpha value is -1.86. The Morgan fingerprint density at radius 1 is 1.35 bits per heavy atom. The summed E-state index contributed by atoms with van der Waals surface area (Å²) in [6.07, 6.45) is 4.70. The van der Waals surface area contributed by atoms with Gasteiger partial charge >= 0.3 is 0 Å². The lowest BCUT2D eigenvalue weighted by Crippen LogP contribution is -2.33. The third-order valence-corrected chi connectivity index (χ3v) is 4.22. The molecule has 0 atom stereocenters. The number of fused-ring (bicyclic) bond motifs is 1. The lowest BCUT2D eigenvalue weighted by atomic mass is 9.91. The van der Waals surface area contributed by atoms with Crippen molar-refractivity contribution in [2.75, 3.05) is 19.6 Å². The SMILES string of the molecule is N#CCCN1CCC(c2[nH]cc3cc(F)ccc23)CC1. The van der Waals surface area contributed by atoms with Crippen molar-refractivity contribution in [3.05, 3.63) is 35.9 Å². The van der Waals surface area contributed by atoms with Gasteiger partial charge in [0.2, 0.25) is 0 Å². The smallest absolute Gasteiger partial charge is 0.123 e. The van der Waals surface area contributed by atoms with Crippen molar-refractivity contribution in [3.8, 4) is 6.07 Å². The van der Waals surface area contributed by atoms with Gasteiger partial charge in [-0.25, -0.2) is 4.39 Å². The number of aromatic amines is 1. The molecule has 1 saturated heterocycles. The maximum atomic E-state index is 13.2. The second kappa shape index (κ2) is 5.64. The molecule has 3 nitrogen and oxygen atoms in total. The number of H-pyrrole nitrogens is 1. The van der Waals surface area contributed by atoms with E-state index < -0.39 is 0 Å². The van der Waals surface area contributed by atoms with Crippen LogP contribution in [0, 0.1) is 17.1 Å². The molecule has 1 aliphatic heterocycles. The Bertz CT molecular complexity index is 633. The minimum atomic E-state index is -0.186. The number of hydrogen-bond acceptors (Lipinski definition) is 2. The quantitative estimate of drug-likeness (QED) is 0.929. The molecule has 2 heterocycles. The third-order valence-electron chi connectivity index (χ3n) is 4.22. The van der Waals surface area contributed by atoms with Gasteiger partial charge in [0.25, 0.3) is 0 Å². The molecule has 3 rings (SSSR count). The van der Waals surface area contributed by atoms with Gasteiger partial charge < -0.3 is 9.88 Å². The Morgan fingerprint density at radius 3 is 2.90 bits per heavy atom. The van der Waals surface area contributed by atoms with Crippen molar-refractivity contribution >= 4 is 10.8 Å². The minimum Gasteiger partial charge on any atom is -0.364 e. The van der Waals surface area contributed by atoms with Gasteiger partial charge in [0, 0.05) is 41.5 Å². The highest BCUT2D eigenvalue weighted by atomic mass is 19.1. The van der Waals surface area contributed by atoms with E-state index in [1.807, 2.05) is 12.3 Å². The second-order valence-corrected chi connectivity index (χ2v) is 5.46. The van der Waals surface area contributed by atoms with E-state index in [-0.39, 0.29) is 5.82 Å². The van der Waals surface area contributed by atoms with Gasteiger partial charge in [-0.1, -0.05) is 0 Å². The fourth-order valence-corrected chi connectivity index (χ4v) is 3.12. The van der Waals surface area contributed by atoms with Crippen LogP contribution in [0.4, 0.5) is 4.39 Å². The molecule has 0 unspecified atom stereocenters. The molecule has 0 saturated carbocycles. The minimum absolute atomic E-state index is 0.186. The zero-order chi connectivity index (χ0) is 13.9. The molecule has 0 aliphatic carbocycles. The number of piperidine rings is 1. The first-order chi connectivity index (χ1) is 9.78. The van der Waals surface area contributed by atoms with Crippen molar-refractivity contribution in [3.63, 3.8) is 0 Å². The number of nitrogens with one attached hydrogen (secondary N) is 1. The third kappa shape index (κ3) is 2.54. The van der Waals surface area contributed by atoms with Gasteiger partial charge in [0.05, 0.1) is 6.07 Å². The van der Waals surface area contributed by atoms with Crippen LogP contribution in [0.3, 0.4) is 0 Å². The summed E-state index contributed by atoms with van der Waals surface area (Å²) in [5.41, 5.74) is 1.24. The van der Waals surface area contributed by atoms with E-state index in [9.17, 15) is 4.39 Å². The normalized spacial score (nSPS) is 17.4. The molecule has 1 aromatic carbocycles. The van der Waals surface area contributed by atoms with Crippen LogP contribution in [-0.2, 0) is 0 Å². The van der Waals surface area contributed by atoms with E-state index in [1.54, 1.807) is 6.07 Å². The average molecular weight is 271 g/mol. The van der Waals surface area contributed by atoms with Crippen molar-refractivity contribution in [1.29, 1.82) is 5.26 Å². The molecule has 2 aromatic rings. The summed E-state index contributed by atoms with van der Waals surface area (Å²) in [6, 6.07) is 7.18. The Labute approximate surface area is 118 Å². The Morgan fingerprint density at radius 2 is 2.15 bits per heavy atom. The van der Waals surface area contributed by atoms with Crippen LogP contribution in [0.1, 0.15) is 30.9 Å². The molecular formula is C16H18FN3. The molecule has 0 spiro atoms. The molecule has 20 heavy (non-hydrogen) atoms. The van der Waals surface area contributed by atoms with E-state index in [0.717, 1.165) is 43.2 Å². The predicted molar refractivity (Wildman–Crippen MR) is 76.9 cm³/mol. The van der Waals surface area contributed by atoms with Gasteiger partial charge in [-0.3, -0.25) is 0 Å². The van der Waals surface area contributed by atoms with Crippen LogP contribution >= 0.6 is 0 Å². The Balaban J connectivity index is 1.72. The van der Waals surface area contributed by atoms with Crippen molar-refractivity contribution < 1.29 is 4.39 Å². The lowest BCUT2D eigenvalue weighted by Gasteiger charge is -2.31. The van der Waals surface area contributed by atoms with E-state index in [1.165, 1.54) is 11.8 Å². The van der Waals surface area contributed by atoms with Crippen molar-refractivity contribution in [2.24, 2.45) is 0 Å². The summed E-state index contributed by atoms with van der Waals surface area (Å²) in [7, 11) is 0. The van der Waals surface area contributed by atoms with Crippen LogP contribution in [0.5, 0.6) is 0 Å². The van der Waals surface area contributed by atoms with Crippen LogP contribution in [0.25, 0.3) is 10.8 Å². The summed E-state index contributed by atoms with van der Waals surface area (Å²) in [4.78, 5) is 5.68. The van der Waals surface area contributed by atoms with Crippen molar-refractivity contribution in [1.82, 2.24) is 9.88 Å². The number of halogens is 1. The maximum Gasteiger partial charge on any atom is 0.123 e. The summed E-state index contributed by atoms with van der Waals surface area (Å²) in [6.45, 7) is 2.95. The Kier molecular flexibility index (Phi) is 3.70. The highest BCUT2D eigenvalue weighted by Gasteiger charge is 2.22. The monoisotopic (exact) mass is 271 g/mol. The molecule has 104 valence electrons. The molecule has 0 radical (unpaired) electrons. The fourth-order valence-electron chi connectivity index (χ4n) is 3.12. The number of aromatic nitrogens is 1. The first-order valence-electron chi connectivity index (χ1n) is 7.14. The van der Waals surface area contributed by atoms with Crippen LogP contribution in [0.2, 0.25) is 0 Å². The molecule has 1 N–H and O–H groups in total.